The van der Waals surface area contributed by atoms with Crippen LogP contribution in [0.5, 0.6) is 0 Å². The number of ketones is 1. The number of nitrogens with two attached hydrogens (primary N) is 1. The van der Waals surface area contributed by atoms with Crippen molar-refractivity contribution in [3.8, 4) is 0 Å². The first-order chi connectivity index (χ1) is 8.66. The molecule has 4 heteroatoms. The van der Waals surface area contributed by atoms with Crippen LogP contribution in [0.25, 0.3) is 0 Å². The molecule has 1 aliphatic rings. The van der Waals surface area contributed by atoms with Crippen molar-refractivity contribution < 1.29 is 4.79 Å². The first-order valence-electron chi connectivity index (χ1n) is 6.05. The van der Waals surface area contributed by atoms with Crippen LogP contribution in [0.2, 0.25) is 0 Å². The summed E-state index contributed by atoms with van der Waals surface area (Å²) in [6.45, 7) is 0. The molecular formula is C14H15N3O. The maximum atomic E-state index is 12.2. The quantitative estimate of drug-likeness (QED) is 0.835. The summed E-state index contributed by atoms with van der Waals surface area (Å²) in [5.74, 6) is 0.876. The minimum atomic E-state index is 0.0834. The number of Topliss-reactive ketones (excluding diaryl/α,β-unsaturated/α-hetero) is 1. The first-order valence-corrected chi connectivity index (χ1v) is 6.05. The summed E-state index contributed by atoms with van der Waals surface area (Å²) in [4.78, 5) is 12.2. The Kier molecular flexibility index (Phi) is 2.44. The molecule has 0 spiro atoms. The summed E-state index contributed by atoms with van der Waals surface area (Å²) in [5, 5.41) is 4.00. The van der Waals surface area contributed by atoms with Gasteiger partial charge >= 0.3 is 0 Å². The molecule has 1 atom stereocenters. The summed E-state index contributed by atoms with van der Waals surface area (Å²) in [6.07, 6.45) is 3.07. The molecule has 92 valence electrons. The van der Waals surface area contributed by atoms with Crippen LogP contribution in [0, 0.1) is 0 Å². The minimum Gasteiger partial charge on any atom is -0.383 e. The lowest BCUT2D eigenvalue weighted by Gasteiger charge is -2.29. The highest BCUT2D eigenvalue weighted by molar-refractivity contribution is 6.00. The fourth-order valence-electron chi connectivity index (χ4n) is 2.54. The number of hydrogen-bond acceptors (Lipinski definition) is 3. The molecule has 2 N–H and O–H groups in total. The van der Waals surface area contributed by atoms with Crippen molar-refractivity contribution in [2.24, 2.45) is 7.05 Å². The summed E-state index contributed by atoms with van der Waals surface area (Å²) in [6, 6.07) is 8.28. The third-order valence-electron chi connectivity index (χ3n) is 3.68. The molecular weight excluding hydrogens is 226 g/mol. The number of benzene rings is 1. The van der Waals surface area contributed by atoms with Crippen LogP contribution < -0.4 is 5.73 Å². The van der Waals surface area contributed by atoms with Crippen LogP contribution >= 0.6 is 0 Å². The van der Waals surface area contributed by atoms with Crippen LogP contribution in [0.4, 0.5) is 5.82 Å². The molecule has 0 amide bonds. The third-order valence-corrected chi connectivity index (χ3v) is 3.68. The van der Waals surface area contributed by atoms with Crippen LogP contribution in [-0.2, 0) is 13.5 Å². The molecule has 0 radical (unpaired) electrons. The number of hydrogen-bond donors (Lipinski definition) is 1. The predicted octanol–water partition coefficient (Wildman–Crippen LogP) is 1.92. The molecule has 18 heavy (non-hydrogen) atoms. The molecule has 0 saturated heterocycles. The van der Waals surface area contributed by atoms with Crippen molar-refractivity contribution in [1.29, 1.82) is 0 Å². The number of nitrogens with zero attached hydrogens (tertiary/aromatic N) is 2. The van der Waals surface area contributed by atoms with Crippen LogP contribution in [-0.4, -0.2) is 15.6 Å². The second-order valence-corrected chi connectivity index (χ2v) is 4.79. The van der Waals surface area contributed by atoms with E-state index in [1.807, 2.05) is 12.1 Å². The van der Waals surface area contributed by atoms with Crippen molar-refractivity contribution >= 4 is 11.6 Å². The van der Waals surface area contributed by atoms with Crippen LogP contribution in [0.15, 0.2) is 30.5 Å². The first kappa shape index (κ1) is 11.0. The molecule has 0 bridgehead atoms. The highest BCUT2D eigenvalue weighted by Crippen LogP contribution is 2.38. The summed E-state index contributed by atoms with van der Waals surface area (Å²) >= 11 is 0. The second kappa shape index (κ2) is 3.98. The van der Waals surface area contributed by atoms with Gasteiger partial charge in [0.1, 0.15) is 5.82 Å². The van der Waals surface area contributed by atoms with E-state index in [1.165, 1.54) is 15.8 Å². The number of rotatable bonds is 3. The zero-order valence-electron chi connectivity index (χ0n) is 10.3. The maximum Gasteiger partial charge on any atom is 0.168 e. The monoisotopic (exact) mass is 241 g/mol. The van der Waals surface area contributed by atoms with Crippen molar-refractivity contribution in [1.82, 2.24) is 9.78 Å². The summed E-state index contributed by atoms with van der Waals surface area (Å²) < 4.78 is 1.53. The second-order valence-electron chi connectivity index (χ2n) is 4.79. The fourth-order valence-corrected chi connectivity index (χ4v) is 2.54. The van der Waals surface area contributed by atoms with Gasteiger partial charge in [0.25, 0.3) is 0 Å². The SMILES string of the molecule is Cn1ncc(C(=O)CC2Cc3ccccc32)c1N. The molecule has 1 aromatic heterocycles. The van der Waals surface area contributed by atoms with E-state index in [2.05, 4.69) is 17.2 Å². The molecule has 3 rings (SSSR count). The number of nitrogen functional groups attached to an aromatic ring is 1. The van der Waals surface area contributed by atoms with E-state index in [4.69, 9.17) is 5.73 Å². The Morgan fingerprint density at radius 2 is 2.28 bits per heavy atom. The van der Waals surface area contributed by atoms with Gasteiger partial charge in [-0.25, -0.2) is 0 Å². The smallest absolute Gasteiger partial charge is 0.168 e. The molecule has 0 fully saturated rings. The van der Waals surface area contributed by atoms with E-state index in [0.29, 0.717) is 23.7 Å². The third kappa shape index (κ3) is 1.61. The van der Waals surface area contributed by atoms with E-state index in [0.717, 1.165) is 6.42 Å². The standard InChI is InChI=1S/C14H15N3O/c1-17-14(15)12(8-16-17)13(18)7-10-6-9-4-2-3-5-11(9)10/h2-5,8,10H,6-7,15H2,1H3. The van der Waals surface area contributed by atoms with E-state index < -0.39 is 0 Å². The van der Waals surface area contributed by atoms with Gasteiger partial charge in [0.15, 0.2) is 5.78 Å². The summed E-state index contributed by atoms with van der Waals surface area (Å²) in [5.41, 5.74) is 9.01. The number of carbonyl (C=O) groups is 1. The molecule has 1 aliphatic carbocycles. The maximum absolute atomic E-state index is 12.2. The largest absolute Gasteiger partial charge is 0.383 e. The van der Waals surface area contributed by atoms with E-state index in [9.17, 15) is 4.79 Å². The zero-order chi connectivity index (χ0) is 12.7. The molecule has 4 nitrogen and oxygen atoms in total. The van der Waals surface area contributed by atoms with Gasteiger partial charge in [0.2, 0.25) is 0 Å². The van der Waals surface area contributed by atoms with Gasteiger partial charge in [0, 0.05) is 13.5 Å². The van der Waals surface area contributed by atoms with Crippen LogP contribution in [0.3, 0.4) is 0 Å². The van der Waals surface area contributed by atoms with Crippen molar-refractivity contribution in [3.05, 3.63) is 47.2 Å². The molecule has 2 aromatic rings. The number of aromatic nitrogens is 2. The van der Waals surface area contributed by atoms with Gasteiger partial charge in [-0.05, 0) is 23.5 Å². The molecule has 1 aromatic carbocycles. The van der Waals surface area contributed by atoms with Gasteiger partial charge in [-0.3, -0.25) is 9.48 Å². The highest BCUT2D eigenvalue weighted by atomic mass is 16.1. The number of anilines is 1. The van der Waals surface area contributed by atoms with Crippen LogP contribution in [0.1, 0.15) is 33.8 Å². The summed E-state index contributed by atoms with van der Waals surface area (Å²) in [7, 11) is 1.74. The lowest BCUT2D eigenvalue weighted by Crippen LogP contribution is -2.20. The Morgan fingerprint density at radius 1 is 1.50 bits per heavy atom. The average Bonchev–Trinajstić information content (AvgIpc) is 2.67. The Balaban J connectivity index is 1.76. The Hall–Kier alpha value is -2.10. The van der Waals surface area contributed by atoms with Gasteiger partial charge in [-0.1, -0.05) is 24.3 Å². The van der Waals surface area contributed by atoms with Crippen molar-refractivity contribution in [3.63, 3.8) is 0 Å². The van der Waals surface area contributed by atoms with E-state index >= 15 is 0 Å². The van der Waals surface area contributed by atoms with Crippen molar-refractivity contribution in [2.45, 2.75) is 18.8 Å². The van der Waals surface area contributed by atoms with Gasteiger partial charge < -0.3 is 5.73 Å². The predicted molar refractivity (Wildman–Crippen MR) is 69.5 cm³/mol. The van der Waals surface area contributed by atoms with E-state index in [1.54, 1.807) is 13.2 Å². The fraction of sp³-hybridized carbons (Fsp3) is 0.286. The Morgan fingerprint density at radius 3 is 2.94 bits per heavy atom. The van der Waals surface area contributed by atoms with Gasteiger partial charge in [0.05, 0.1) is 11.8 Å². The minimum absolute atomic E-state index is 0.0834. The lowest BCUT2D eigenvalue weighted by atomic mass is 9.74. The zero-order valence-corrected chi connectivity index (χ0v) is 10.3. The highest BCUT2D eigenvalue weighted by Gasteiger charge is 2.28. The topological polar surface area (TPSA) is 60.9 Å². The molecule has 0 saturated carbocycles. The van der Waals surface area contributed by atoms with Gasteiger partial charge in [-0.2, -0.15) is 5.10 Å². The number of aryl methyl sites for hydroxylation is 1. The number of carbonyl (C=O) groups excluding carboxylic acids is 1. The Bertz CT molecular complexity index is 615. The Labute approximate surface area is 105 Å². The lowest BCUT2D eigenvalue weighted by molar-refractivity contribution is 0.0971. The normalized spacial score (nSPS) is 17.1. The van der Waals surface area contributed by atoms with Gasteiger partial charge in [-0.15, -0.1) is 0 Å². The number of fused-ring (bicyclic) bond motifs is 1. The average molecular weight is 241 g/mol. The molecule has 1 unspecified atom stereocenters. The van der Waals surface area contributed by atoms with E-state index in [-0.39, 0.29) is 5.78 Å². The van der Waals surface area contributed by atoms with Crippen molar-refractivity contribution in [2.75, 3.05) is 5.73 Å². The molecule has 1 heterocycles. The molecule has 0 aliphatic heterocycles.